The van der Waals surface area contributed by atoms with Crippen LogP contribution in [-0.2, 0) is 20.9 Å². The van der Waals surface area contributed by atoms with Gasteiger partial charge >= 0.3 is 5.97 Å². The van der Waals surface area contributed by atoms with Crippen LogP contribution in [-0.4, -0.2) is 19.7 Å². The first-order valence-electron chi connectivity index (χ1n) is 3.50. The zero-order valence-corrected chi connectivity index (χ0v) is 6.78. The Balaban J connectivity index is 2.22. The number of ether oxygens (including phenoxy) is 2. The molecule has 0 saturated carbocycles. The highest BCUT2D eigenvalue weighted by Crippen LogP contribution is 2.01. The molecular weight excluding hydrogens is 160 g/mol. The summed E-state index contributed by atoms with van der Waals surface area (Å²) in [4.78, 5) is 10.7. The van der Waals surface area contributed by atoms with Gasteiger partial charge in [0.25, 0.3) is 0 Å². The van der Waals surface area contributed by atoms with Gasteiger partial charge < -0.3 is 13.9 Å². The smallest absolute Gasteiger partial charge is 0.332 e. The highest BCUT2D eigenvalue weighted by atomic mass is 16.6. The molecule has 0 aliphatic rings. The van der Waals surface area contributed by atoms with Crippen molar-refractivity contribution in [1.82, 2.24) is 0 Å². The van der Waals surface area contributed by atoms with Crippen LogP contribution in [0.3, 0.4) is 0 Å². The van der Waals surface area contributed by atoms with E-state index in [1.54, 1.807) is 12.1 Å². The topological polar surface area (TPSA) is 48.7 Å². The number of hydrogen-bond acceptors (Lipinski definition) is 4. The van der Waals surface area contributed by atoms with Crippen molar-refractivity contribution in [2.45, 2.75) is 6.61 Å². The van der Waals surface area contributed by atoms with E-state index < -0.39 is 5.97 Å². The fourth-order valence-electron chi connectivity index (χ4n) is 0.706. The first-order chi connectivity index (χ1) is 5.83. The molecule has 4 heteroatoms. The van der Waals surface area contributed by atoms with E-state index >= 15 is 0 Å². The van der Waals surface area contributed by atoms with Gasteiger partial charge in [-0.2, -0.15) is 0 Å². The normalized spacial score (nSPS) is 9.75. The third-order valence-corrected chi connectivity index (χ3v) is 1.22. The number of rotatable bonds is 4. The molecule has 66 valence electrons. The van der Waals surface area contributed by atoms with E-state index in [9.17, 15) is 4.79 Å². The number of methoxy groups -OCH3 is 1. The lowest BCUT2D eigenvalue weighted by atomic mass is 10.5. The van der Waals surface area contributed by atoms with Gasteiger partial charge in [-0.05, 0) is 12.1 Å². The molecule has 0 spiro atoms. The third-order valence-electron chi connectivity index (χ3n) is 1.22. The number of carbonyl (C=O) groups excluding carboxylic acids is 1. The molecule has 0 saturated heterocycles. The lowest BCUT2D eigenvalue weighted by molar-refractivity contribution is -0.149. The summed E-state index contributed by atoms with van der Waals surface area (Å²) in [7, 11) is 1.44. The summed E-state index contributed by atoms with van der Waals surface area (Å²) >= 11 is 0. The van der Waals surface area contributed by atoms with E-state index in [0.717, 1.165) is 0 Å². The average Bonchev–Trinajstić information content (AvgIpc) is 2.53. The molecule has 0 fully saturated rings. The van der Waals surface area contributed by atoms with E-state index in [2.05, 4.69) is 4.74 Å². The van der Waals surface area contributed by atoms with Crippen LogP contribution < -0.4 is 0 Å². The summed E-state index contributed by atoms with van der Waals surface area (Å²) in [6, 6.07) is 3.47. The molecule has 0 aliphatic carbocycles. The van der Waals surface area contributed by atoms with Crippen molar-refractivity contribution in [2.75, 3.05) is 13.7 Å². The maximum atomic E-state index is 10.7. The van der Waals surface area contributed by atoms with Crippen LogP contribution in [0.25, 0.3) is 0 Å². The second-order valence-electron chi connectivity index (χ2n) is 2.17. The summed E-state index contributed by atoms with van der Waals surface area (Å²) in [5.41, 5.74) is 0. The van der Waals surface area contributed by atoms with Crippen LogP contribution in [0.5, 0.6) is 0 Å². The van der Waals surface area contributed by atoms with Crippen molar-refractivity contribution < 1.29 is 18.7 Å². The lowest BCUT2D eigenvalue weighted by Gasteiger charge is -2.00. The molecule has 0 unspecified atom stereocenters. The summed E-state index contributed by atoms with van der Waals surface area (Å²) in [5.74, 6) is 0.230. The van der Waals surface area contributed by atoms with Crippen molar-refractivity contribution >= 4 is 5.97 Å². The number of furan rings is 1. The van der Waals surface area contributed by atoms with Crippen molar-refractivity contribution in [1.29, 1.82) is 0 Å². The van der Waals surface area contributed by atoms with Gasteiger partial charge in [-0.15, -0.1) is 0 Å². The first kappa shape index (κ1) is 8.80. The predicted molar refractivity (Wildman–Crippen MR) is 40.4 cm³/mol. The summed E-state index contributed by atoms with van der Waals surface area (Å²) in [5, 5.41) is 0. The molecule has 1 rings (SSSR count). The zero-order chi connectivity index (χ0) is 8.81. The predicted octanol–water partition coefficient (Wildman–Crippen LogP) is 0.969. The Morgan fingerprint density at radius 3 is 3.08 bits per heavy atom. The first-order valence-corrected chi connectivity index (χ1v) is 3.50. The van der Waals surface area contributed by atoms with Gasteiger partial charge in [-0.3, -0.25) is 0 Å². The monoisotopic (exact) mass is 170 g/mol. The van der Waals surface area contributed by atoms with Crippen molar-refractivity contribution in [3.05, 3.63) is 24.2 Å². The van der Waals surface area contributed by atoms with E-state index in [1.807, 2.05) is 0 Å². The van der Waals surface area contributed by atoms with Crippen LogP contribution in [0.15, 0.2) is 22.8 Å². The maximum absolute atomic E-state index is 10.7. The molecule has 0 bridgehead atoms. The molecule has 0 atom stereocenters. The van der Waals surface area contributed by atoms with Gasteiger partial charge in [0.05, 0.1) is 6.26 Å². The molecule has 0 amide bonds. The molecule has 0 N–H and O–H groups in total. The van der Waals surface area contributed by atoms with Crippen molar-refractivity contribution in [2.24, 2.45) is 0 Å². The van der Waals surface area contributed by atoms with Crippen LogP contribution in [0.1, 0.15) is 5.76 Å². The van der Waals surface area contributed by atoms with Crippen molar-refractivity contribution in [3.63, 3.8) is 0 Å². The summed E-state index contributed by atoms with van der Waals surface area (Å²) in [6.07, 6.45) is 1.53. The lowest BCUT2D eigenvalue weighted by Crippen LogP contribution is -2.10. The number of hydrogen-bond donors (Lipinski definition) is 0. The summed E-state index contributed by atoms with van der Waals surface area (Å²) < 4.78 is 14.3. The molecule has 0 aromatic carbocycles. The minimum Gasteiger partial charge on any atom is -0.466 e. The zero-order valence-electron chi connectivity index (χ0n) is 6.78. The highest BCUT2D eigenvalue weighted by Gasteiger charge is 2.02. The molecule has 1 heterocycles. The van der Waals surface area contributed by atoms with Gasteiger partial charge in [-0.25, -0.2) is 4.79 Å². The van der Waals surface area contributed by atoms with Gasteiger partial charge in [0.15, 0.2) is 0 Å². The second-order valence-corrected chi connectivity index (χ2v) is 2.17. The van der Waals surface area contributed by atoms with Crippen molar-refractivity contribution in [3.8, 4) is 0 Å². The van der Waals surface area contributed by atoms with Gasteiger partial charge in [-0.1, -0.05) is 0 Å². The van der Waals surface area contributed by atoms with Crippen LogP contribution >= 0.6 is 0 Å². The number of esters is 1. The van der Waals surface area contributed by atoms with E-state index in [4.69, 9.17) is 9.15 Å². The van der Waals surface area contributed by atoms with E-state index in [0.29, 0.717) is 5.76 Å². The quantitative estimate of drug-likeness (QED) is 0.632. The molecule has 1 aromatic rings. The third kappa shape index (κ3) is 2.75. The minimum absolute atomic E-state index is 0.0271. The molecule has 0 aliphatic heterocycles. The fourth-order valence-corrected chi connectivity index (χ4v) is 0.706. The standard InChI is InChI=1S/C8H10O4/c1-10-6-8(9)12-5-7-3-2-4-11-7/h2-4H,5-6H2,1H3. The van der Waals surface area contributed by atoms with Gasteiger partial charge in [0, 0.05) is 7.11 Å². The van der Waals surface area contributed by atoms with Crippen LogP contribution in [0, 0.1) is 0 Å². The van der Waals surface area contributed by atoms with Crippen LogP contribution in [0.2, 0.25) is 0 Å². The Bertz CT molecular complexity index is 227. The Kier molecular flexibility index (Phi) is 3.35. The van der Waals surface area contributed by atoms with Crippen LogP contribution in [0.4, 0.5) is 0 Å². The molecule has 0 radical (unpaired) electrons. The summed E-state index contributed by atoms with van der Waals surface area (Å²) in [6.45, 7) is 0.135. The fraction of sp³-hybridized carbons (Fsp3) is 0.375. The highest BCUT2D eigenvalue weighted by molar-refractivity contribution is 5.70. The largest absolute Gasteiger partial charge is 0.466 e. The molecular formula is C8H10O4. The molecule has 12 heavy (non-hydrogen) atoms. The van der Waals surface area contributed by atoms with Gasteiger partial charge in [0.1, 0.15) is 19.0 Å². The Morgan fingerprint density at radius 1 is 1.67 bits per heavy atom. The Morgan fingerprint density at radius 2 is 2.50 bits per heavy atom. The molecule has 1 aromatic heterocycles. The Labute approximate surface area is 70.1 Å². The second kappa shape index (κ2) is 4.56. The molecule has 4 nitrogen and oxygen atoms in total. The minimum atomic E-state index is -0.395. The van der Waals surface area contributed by atoms with E-state index in [-0.39, 0.29) is 13.2 Å². The Hall–Kier alpha value is -1.29. The average molecular weight is 170 g/mol. The SMILES string of the molecule is COCC(=O)OCc1ccco1. The maximum Gasteiger partial charge on any atom is 0.332 e. The number of carbonyl (C=O) groups is 1. The van der Waals surface area contributed by atoms with E-state index in [1.165, 1.54) is 13.4 Å². The van der Waals surface area contributed by atoms with Gasteiger partial charge in [0.2, 0.25) is 0 Å².